The lowest BCUT2D eigenvalue weighted by Crippen LogP contribution is -2.02. The molecule has 3 aromatic rings. The van der Waals surface area contributed by atoms with Crippen LogP contribution in [0.3, 0.4) is 0 Å². The molecule has 1 saturated carbocycles. The number of halogens is 2. The van der Waals surface area contributed by atoms with Crippen molar-refractivity contribution in [3.8, 4) is 5.69 Å². The van der Waals surface area contributed by atoms with Gasteiger partial charge in [-0.15, -0.1) is 0 Å². The van der Waals surface area contributed by atoms with E-state index in [0.29, 0.717) is 17.3 Å². The summed E-state index contributed by atoms with van der Waals surface area (Å²) in [5.41, 5.74) is 8.75. The van der Waals surface area contributed by atoms with E-state index in [9.17, 15) is 4.39 Å². The summed E-state index contributed by atoms with van der Waals surface area (Å²) < 4.78 is 17.0. The maximum absolute atomic E-state index is 14.4. The minimum absolute atomic E-state index is 0.262. The van der Waals surface area contributed by atoms with E-state index in [4.69, 9.17) is 5.73 Å². The molecule has 1 heterocycles. The van der Waals surface area contributed by atoms with Crippen molar-refractivity contribution in [2.24, 2.45) is 0 Å². The van der Waals surface area contributed by atoms with Crippen LogP contribution in [0.2, 0.25) is 0 Å². The van der Waals surface area contributed by atoms with Gasteiger partial charge in [0.25, 0.3) is 0 Å². The van der Waals surface area contributed by atoms with Gasteiger partial charge in [0.2, 0.25) is 0 Å². The molecule has 0 unspecified atom stereocenters. The summed E-state index contributed by atoms with van der Waals surface area (Å²) in [5, 5.41) is 0. The number of fused-ring (bicyclic) bond motifs is 1. The van der Waals surface area contributed by atoms with Gasteiger partial charge in [-0.3, -0.25) is 4.57 Å². The number of benzene rings is 2. The standard InChI is InChI=1S/C16H13BrFN3/c17-10-3-5-14(12(18)7-10)21-15-6-4-11(19)8-13(15)20-16(21)9-1-2-9/h3-9H,1-2,19H2. The molecule has 0 radical (unpaired) electrons. The maximum atomic E-state index is 14.4. The van der Waals surface area contributed by atoms with Crippen molar-refractivity contribution in [3.63, 3.8) is 0 Å². The Morgan fingerprint density at radius 3 is 2.71 bits per heavy atom. The minimum atomic E-state index is -0.262. The Balaban J connectivity index is 2.03. The number of nitrogens with two attached hydrogens (primary N) is 1. The van der Waals surface area contributed by atoms with Gasteiger partial charge < -0.3 is 5.73 Å². The van der Waals surface area contributed by atoms with Crippen LogP contribution in [0, 0.1) is 5.82 Å². The number of rotatable bonds is 2. The second kappa shape index (κ2) is 4.56. The van der Waals surface area contributed by atoms with Gasteiger partial charge in [0.05, 0.1) is 16.7 Å². The van der Waals surface area contributed by atoms with E-state index in [1.165, 1.54) is 6.07 Å². The fraction of sp³-hybridized carbons (Fsp3) is 0.188. The molecule has 4 rings (SSSR count). The molecule has 0 aliphatic heterocycles. The first kappa shape index (κ1) is 12.8. The molecular weight excluding hydrogens is 333 g/mol. The van der Waals surface area contributed by atoms with E-state index < -0.39 is 0 Å². The number of aromatic nitrogens is 2. The van der Waals surface area contributed by atoms with E-state index in [1.54, 1.807) is 6.07 Å². The summed E-state index contributed by atoms with van der Waals surface area (Å²) in [6, 6.07) is 10.7. The van der Waals surface area contributed by atoms with Gasteiger partial charge in [0.15, 0.2) is 0 Å². The van der Waals surface area contributed by atoms with Crippen LogP contribution in [0.1, 0.15) is 24.6 Å². The third kappa shape index (κ3) is 2.12. The highest BCUT2D eigenvalue weighted by Gasteiger charge is 2.30. The maximum Gasteiger partial charge on any atom is 0.148 e. The lowest BCUT2D eigenvalue weighted by molar-refractivity contribution is 0.616. The zero-order valence-electron chi connectivity index (χ0n) is 11.2. The number of hydrogen-bond acceptors (Lipinski definition) is 2. The quantitative estimate of drug-likeness (QED) is 0.700. The van der Waals surface area contributed by atoms with Crippen LogP contribution in [0.15, 0.2) is 40.9 Å². The summed E-state index contributed by atoms with van der Waals surface area (Å²) in [6.45, 7) is 0. The van der Waals surface area contributed by atoms with Gasteiger partial charge in [-0.2, -0.15) is 0 Å². The fourth-order valence-corrected chi connectivity index (χ4v) is 2.98. The summed E-state index contributed by atoms with van der Waals surface area (Å²) >= 11 is 3.30. The van der Waals surface area contributed by atoms with Crippen LogP contribution in [0.4, 0.5) is 10.1 Å². The van der Waals surface area contributed by atoms with Crippen molar-refractivity contribution in [2.45, 2.75) is 18.8 Å². The molecule has 1 aliphatic rings. The number of imidazole rings is 1. The molecule has 21 heavy (non-hydrogen) atoms. The van der Waals surface area contributed by atoms with E-state index in [2.05, 4.69) is 20.9 Å². The molecule has 0 amide bonds. The van der Waals surface area contributed by atoms with Crippen molar-refractivity contribution >= 4 is 32.7 Å². The van der Waals surface area contributed by atoms with Crippen molar-refractivity contribution in [3.05, 3.63) is 52.5 Å². The number of nitrogens with zero attached hydrogens (tertiary/aromatic N) is 2. The normalized spacial score (nSPS) is 14.8. The summed E-state index contributed by atoms with van der Waals surface area (Å²) in [5.74, 6) is 1.08. The molecule has 1 aliphatic carbocycles. The summed E-state index contributed by atoms with van der Waals surface area (Å²) in [6.07, 6.45) is 2.22. The average molecular weight is 346 g/mol. The highest BCUT2D eigenvalue weighted by molar-refractivity contribution is 9.10. The highest BCUT2D eigenvalue weighted by Crippen LogP contribution is 2.42. The van der Waals surface area contributed by atoms with E-state index in [1.807, 2.05) is 28.8 Å². The molecule has 1 fully saturated rings. The molecular formula is C16H13BrFN3. The molecule has 2 N–H and O–H groups in total. The molecule has 0 spiro atoms. The lowest BCUT2D eigenvalue weighted by atomic mass is 10.2. The number of anilines is 1. The zero-order valence-corrected chi connectivity index (χ0v) is 12.8. The van der Waals surface area contributed by atoms with Gasteiger partial charge in [-0.25, -0.2) is 9.37 Å². The smallest absolute Gasteiger partial charge is 0.148 e. The Bertz CT molecular complexity index is 852. The molecule has 0 bridgehead atoms. The molecule has 0 saturated heterocycles. The number of nitrogen functional groups attached to an aromatic ring is 1. The first-order chi connectivity index (χ1) is 10.1. The Labute approximate surface area is 129 Å². The summed E-state index contributed by atoms with van der Waals surface area (Å²) in [7, 11) is 0. The van der Waals surface area contributed by atoms with Crippen LogP contribution >= 0.6 is 15.9 Å². The largest absolute Gasteiger partial charge is 0.399 e. The predicted molar refractivity (Wildman–Crippen MR) is 85.1 cm³/mol. The van der Waals surface area contributed by atoms with E-state index in [-0.39, 0.29) is 5.82 Å². The minimum Gasteiger partial charge on any atom is -0.399 e. The predicted octanol–water partition coefficient (Wildman–Crippen LogP) is 4.39. The molecule has 1 aromatic heterocycles. The Kier molecular flexibility index (Phi) is 2.79. The summed E-state index contributed by atoms with van der Waals surface area (Å²) in [4.78, 5) is 4.68. The SMILES string of the molecule is Nc1ccc2c(c1)nc(C1CC1)n2-c1ccc(Br)cc1F. The molecule has 106 valence electrons. The Hall–Kier alpha value is -1.88. The van der Waals surface area contributed by atoms with Crippen molar-refractivity contribution in [1.82, 2.24) is 9.55 Å². The highest BCUT2D eigenvalue weighted by atomic mass is 79.9. The number of hydrogen-bond donors (Lipinski definition) is 1. The van der Waals surface area contributed by atoms with Crippen LogP contribution in [0.5, 0.6) is 0 Å². The topological polar surface area (TPSA) is 43.8 Å². The second-order valence-corrected chi connectivity index (χ2v) is 6.34. The van der Waals surface area contributed by atoms with Crippen LogP contribution in [-0.4, -0.2) is 9.55 Å². The van der Waals surface area contributed by atoms with Crippen molar-refractivity contribution in [2.75, 3.05) is 5.73 Å². The molecule has 5 heteroatoms. The van der Waals surface area contributed by atoms with Crippen LogP contribution in [-0.2, 0) is 0 Å². The van der Waals surface area contributed by atoms with E-state index in [0.717, 1.165) is 34.2 Å². The van der Waals surface area contributed by atoms with Crippen LogP contribution < -0.4 is 5.73 Å². The second-order valence-electron chi connectivity index (χ2n) is 5.42. The lowest BCUT2D eigenvalue weighted by Gasteiger charge is -2.10. The Morgan fingerprint density at radius 1 is 1.19 bits per heavy atom. The fourth-order valence-electron chi connectivity index (χ4n) is 2.65. The van der Waals surface area contributed by atoms with Crippen LogP contribution in [0.25, 0.3) is 16.7 Å². The first-order valence-electron chi connectivity index (χ1n) is 6.87. The van der Waals surface area contributed by atoms with Gasteiger partial charge in [-0.1, -0.05) is 15.9 Å². The first-order valence-corrected chi connectivity index (χ1v) is 7.66. The average Bonchev–Trinajstić information content (AvgIpc) is 3.21. The Morgan fingerprint density at radius 2 is 2.00 bits per heavy atom. The molecule has 3 nitrogen and oxygen atoms in total. The molecule has 2 aromatic carbocycles. The van der Waals surface area contributed by atoms with E-state index >= 15 is 0 Å². The third-order valence-electron chi connectivity index (χ3n) is 3.80. The zero-order chi connectivity index (χ0) is 14.6. The van der Waals surface area contributed by atoms with Gasteiger partial charge in [-0.05, 0) is 49.2 Å². The third-order valence-corrected chi connectivity index (χ3v) is 4.29. The van der Waals surface area contributed by atoms with Gasteiger partial charge in [0.1, 0.15) is 11.6 Å². The molecule has 0 atom stereocenters. The van der Waals surface area contributed by atoms with Gasteiger partial charge >= 0.3 is 0 Å². The monoisotopic (exact) mass is 345 g/mol. The van der Waals surface area contributed by atoms with Gasteiger partial charge in [0, 0.05) is 16.1 Å². The van der Waals surface area contributed by atoms with Crippen molar-refractivity contribution < 1.29 is 4.39 Å². The van der Waals surface area contributed by atoms with Crippen molar-refractivity contribution in [1.29, 1.82) is 0 Å².